The fourth-order valence-electron chi connectivity index (χ4n) is 2.80. The van der Waals surface area contributed by atoms with Gasteiger partial charge in [-0.3, -0.25) is 4.79 Å². The SMILES string of the molecule is CN(C)C(=O)C(CCO)(c1ccccc1)c1ccccc1. The molecular formula is C18H21NO2. The summed E-state index contributed by atoms with van der Waals surface area (Å²) in [7, 11) is 3.50. The second kappa shape index (κ2) is 6.55. The van der Waals surface area contributed by atoms with Crippen molar-refractivity contribution in [2.45, 2.75) is 11.8 Å². The highest BCUT2D eigenvalue weighted by atomic mass is 16.3. The molecule has 0 saturated carbocycles. The Morgan fingerprint density at radius 1 is 0.952 bits per heavy atom. The zero-order valence-electron chi connectivity index (χ0n) is 12.5. The summed E-state index contributed by atoms with van der Waals surface area (Å²) < 4.78 is 0. The van der Waals surface area contributed by atoms with Crippen molar-refractivity contribution in [1.82, 2.24) is 4.90 Å². The maximum absolute atomic E-state index is 13.0. The molecule has 0 spiro atoms. The minimum atomic E-state index is -0.846. The molecule has 21 heavy (non-hydrogen) atoms. The van der Waals surface area contributed by atoms with Crippen LogP contribution in [0.1, 0.15) is 17.5 Å². The van der Waals surface area contributed by atoms with E-state index in [1.807, 2.05) is 60.7 Å². The number of aliphatic hydroxyl groups is 1. The molecule has 0 radical (unpaired) electrons. The van der Waals surface area contributed by atoms with Crippen molar-refractivity contribution >= 4 is 5.91 Å². The topological polar surface area (TPSA) is 40.5 Å². The minimum absolute atomic E-state index is 0.0195. The van der Waals surface area contributed by atoms with Crippen LogP contribution in [0.5, 0.6) is 0 Å². The molecule has 0 heterocycles. The van der Waals surface area contributed by atoms with Gasteiger partial charge >= 0.3 is 0 Å². The van der Waals surface area contributed by atoms with Crippen LogP contribution in [-0.4, -0.2) is 36.6 Å². The summed E-state index contributed by atoms with van der Waals surface area (Å²) in [6, 6.07) is 19.3. The van der Waals surface area contributed by atoms with E-state index in [0.717, 1.165) is 11.1 Å². The fourth-order valence-corrected chi connectivity index (χ4v) is 2.80. The normalized spacial score (nSPS) is 11.2. The van der Waals surface area contributed by atoms with Gasteiger partial charge in [-0.1, -0.05) is 60.7 Å². The average Bonchev–Trinajstić information content (AvgIpc) is 2.53. The van der Waals surface area contributed by atoms with Crippen LogP contribution in [-0.2, 0) is 10.2 Å². The summed E-state index contributed by atoms with van der Waals surface area (Å²) in [6.07, 6.45) is 0.359. The second-order valence-electron chi connectivity index (χ2n) is 5.31. The van der Waals surface area contributed by atoms with Crippen molar-refractivity contribution in [3.8, 4) is 0 Å². The molecular weight excluding hydrogens is 262 g/mol. The van der Waals surface area contributed by atoms with E-state index in [2.05, 4.69) is 0 Å². The number of likely N-dealkylation sites (N-methyl/N-ethyl adjacent to an activating group) is 1. The largest absolute Gasteiger partial charge is 0.396 e. The van der Waals surface area contributed by atoms with Gasteiger partial charge in [0.15, 0.2) is 0 Å². The first-order valence-electron chi connectivity index (χ1n) is 7.06. The van der Waals surface area contributed by atoms with Gasteiger partial charge in [-0.05, 0) is 17.5 Å². The Bertz CT molecular complexity index is 539. The number of carbonyl (C=O) groups excluding carboxylic acids is 1. The lowest BCUT2D eigenvalue weighted by Crippen LogP contribution is -2.45. The van der Waals surface area contributed by atoms with E-state index < -0.39 is 5.41 Å². The molecule has 0 aliphatic heterocycles. The van der Waals surface area contributed by atoms with Crippen LogP contribution in [0.15, 0.2) is 60.7 Å². The van der Waals surface area contributed by atoms with Gasteiger partial charge in [0.05, 0.1) is 0 Å². The van der Waals surface area contributed by atoms with Crippen LogP contribution in [0.2, 0.25) is 0 Å². The highest BCUT2D eigenvalue weighted by Crippen LogP contribution is 2.37. The zero-order chi connectivity index (χ0) is 15.3. The lowest BCUT2D eigenvalue weighted by molar-refractivity contribution is -0.133. The van der Waals surface area contributed by atoms with E-state index in [9.17, 15) is 9.90 Å². The van der Waals surface area contributed by atoms with E-state index in [-0.39, 0.29) is 12.5 Å². The summed E-state index contributed by atoms with van der Waals surface area (Å²) in [4.78, 5) is 14.6. The third-order valence-corrected chi connectivity index (χ3v) is 3.79. The van der Waals surface area contributed by atoms with Gasteiger partial charge in [0.1, 0.15) is 5.41 Å². The molecule has 0 aliphatic rings. The van der Waals surface area contributed by atoms with Crippen molar-refractivity contribution in [2.24, 2.45) is 0 Å². The standard InChI is InChI=1S/C18H21NO2/c1-19(2)17(21)18(13-14-20,15-9-5-3-6-10-15)16-11-7-4-8-12-16/h3-12,20H,13-14H2,1-2H3. The van der Waals surface area contributed by atoms with Gasteiger partial charge in [0.2, 0.25) is 5.91 Å². The Labute approximate surface area is 125 Å². The van der Waals surface area contributed by atoms with E-state index in [4.69, 9.17) is 0 Å². The second-order valence-corrected chi connectivity index (χ2v) is 5.31. The summed E-state index contributed by atoms with van der Waals surface area (Å²) in [6.45, 7) is -0.0522. The predicted molar refractivity (Wildman–Crippen MR) is 84.1 cm³/mol. The van der Waals surface area contributed by atoms with Crippen LogP contribution >= 0.6 is 0 Å². The molecule has 110 valence electrons. The summed E-state index contributed by atoms with van der Waals surface area (Å²) >= 11 is 0. The van der Waals surface area contributed by atoms with Crippen LogP contribution in [0.25, 0.3) is 0 Å². The van der Waals surface area contributed by atoms with Crippen LogP contribution < -0.4 is 0 Å². The Kier molecular flexibility index (Phi) is 4.76. The Balaban J connectivity index is 2.69. The number of aliphatic hydroxyl groups excluding tert-OH is 1. The van der Waals surface area contributed by atoms with Crippen molar-refractivity contribution < 1.29 is 9.90 Å². The quantitative estimate of drug-likeness (QED) is 0.915. The molecule has 3 nitrogen and oxygen atoms in total. The molecule has 2 aromatic carbocycles. The first kappa shape index (κ1) is 15.3. The number of benzene rings is 2. The highest BCUT2D eigenvalue weighted by Gasteiger charge is 2.42. The van der Waals surface area contributed by atoms with Crippen molar-refractivity contribution in [3.05, 3.63) is 71.8 Å². The molecule has 0 saturated heterocycles. The van der Waals surface area contributed by atoms with E-state index in [0.29, 0.717) is 6.42 Å². The predicted octanol–water partition coefficient (Wildman–Crippen LogP) is 2.44. The Morgan fingerprint density at radius 2 is 1.38 bits per heavy atom. The summed E-state index contributed by atoms with van der Waals surface area (Å²) in [5, 5.41) is 9.58. The molecule has 2 aromatic rings. The lowest BCUT2D eigenvalue weighted by atomic mass is 9.71. The lowest BCUT2D eigenvalue weighted by Gasteiger charge is -2.35. The third kappa shape index (κ3) is 2.83. The molecule has 1 amide bonds. The van der Waals surface area contributed by atoms with Crippen LogP contribution in [0.3, 0.4) is 0 Å². The van der Waals surface area contributed by atoms with Gasteiger partial charge in [-0.15, -0.1) is 0 Å². The average molecular weight is 283 g/mol. The fraction of sp³-hybridized carbons (Fsp3) is 0.278. The zero-order valence-corrected chi connectivity index (χ0v) is 12.5. The molecule has 1 N–H and O–H groups in total. The molecule has 0 aromatic heterocycles. The summed E-state index contributed by atoms with van der Waals surface area (Å²) in [5.74, 6) is -0.0195. The van der Waals surface area contributed by atoms with E-state index in [1.54, 1.807) is 19.0 Å². The van der Waals surface area contributed by atoms with Gasteiger partial charge < -0.3 is 10.0 Å². The van der Waals surface area contributed by atoms with Crippen molar-refractivity contribution in [1.29, 1.82) is 0 Å². The van der Waals surface area contributed by atoms with Gasteiger partial charge in [-0.2, -0.15) is 0 Å². The molecule has 0 aliphatic carbocycles. The first-order valence-corrected chi connectivity index (χ1v) is 7.06. The number of hydrogen-bond donors (Lipinski definition) is 1. The number of carbonyl (C=O) groups is 1. The molecule has 0 bridgehead atoms. The molecule has 2 rings (SSSR count). The van der Waals surface area contributed by atoms with Crippen LogP contribution in [0.4, 0.5) is 0 Å². The Hall–Kier alpha value is -2.13. The number of nitrogens with zero attached hydrogens (tertiary/aromatic N) is 1. The number of rotatable bonds is 5. The highest BCUT2D eigenvalue weighted by molar-refractivity contribution is 5.91. The molecule has 0 fully saturated rings. The number of hydrogen-bond acceptors (Lipinski definition) is 2. The molecule has 0 atom stereocenters. The van der Waals surface area contributed by atoms with E-state index >= 15 is 0 Å². The van der Waals surface area contributed by atoms with Gasteiger partial charge in [-0.25, -0.2) is 0 Å². The molecule has 3 heteroatoms. The number of amides is 1. The Morgan fingerprint density at radius 3 is 1.71 bits per heavy atom. The maximum atomic E-state index is 13.0. The maximum Gasteiger partial charge on any atom is 0.237 e. The van der Waals surface area contributed by atoms with Gasteiger partial charge in [0.25, 0.3) is 0 Å². The van der Waals surface area contributed by atoms with Gasteiger partial charge in [0, 0.05) is 20.7 Å². The monoisotopic (exact) mass is 283 g/mol. The third-order valence-electron chi connectivity index (χ3n) is 3.79. The van der Waals surface area contributed by atoms with E-state index in [1.165, 1.54) is 0 Å². The minimum Gasteiger partial charge on any atom is -0.396 e. The summed E-state index contributed by atoms with van der Waals surface area (Å²) in [5.41, 5.74) is 0.966. The first-order chi connectivity index (χ1) is 10.1. The molecule has 0 unspecified atom stereocenters. The smallest absolute Gasteiger partial charge is 0.237 e. The van der Waals surface area contributed by atoms with Crippen LogP contribution in [0, 0.1) is 0 Å². The van der Waals surface area contributed by atoms with Crippen molar-refractivity contribution in [2.75, 3.05) is 20.7 Å². The van der Waals surface area contributed by atoms with Crippen molar-refractivity contribution in [3.63, 3.8) is 0 Å².